The zero-order valence-corrected chi connectivity index (χ0v) is 12.2. The molecule has 0 bridgehead atoms. The first-order valence-corrected chi connectivity index (χ1v) is 6.65. The molecule has 1 N–H and O–H groups in total. The molecule has 1 unspecified atom stereocenters. The molecule has 0 amide bonds. The topological polar surface area (TPSA) is 47.3 Å². The standard InChI is InChI=1S/C13H21ClN2O2/c1-9-10(11(14)16(4)15-9)7-13(17)5-6-18-12(2,3)8-13/h17H,5-8H2,1-4H3. The van der Waals surface area contributed by atoms with Crippen LogP contribution in [-0.2, 0) is 18.2 Å². The predicted octanol–water partition coefficient (Wildman–Crippen LogP) is 2.24. The highest BCUT2D eigenvalue weighted by molar-refractivity contribution is 6.30. The van der Waals surface area contributed by atoms with Crippen LogP contribution in [0.25, 0.3) is 0 Å². The molecular formula is C13H21ClN2O2. The molecule has 2 heterocycles. The summed E-state index contributed by atoms with van der Waals surface area (Å²) < 4.78 is 7.30. The molecular weight excluding hydrogens is 252 g/mol. The molecule has 0 aromatic carbocycles. The fourth-order valence-corrected chi connectivity index (χ4v) is 3.05. The van der Waals surface area contributed by atoms with Crippen LogP contribution >= 0.6 is 11.6 Å². The summed E-state index contributed by atoms with van der Waals surface area (Å²) >= 11 is 6.22. The van der Waals surface area contributed by atoms with Crippen molar-refractivity contribution < 1.29 is 9.84 Å². The summed E-state index contributed by atoms with van der Waals surface area (Å²) in [4.78, 5) is 0. The molecule has 1 aromatic heterocycles. The van der Waals surface area contributed by atoms with Gasteiger partial charge in [0.2, 0.25) is 0 Å². The van der Waals surface area contributed by atoms with Crippen molar-refractivity contribution in [3.05, 3.63) is 16.4 Å². The summed E-state index contributed by atoms with van der Waals surface area (Å²) in [5.74, 6) is 0. The van der Waals surface area contributed by atoms with E-state index >= 15 is 0 Å². The molecule has 5 heteroatoms. The van der Waals surface area contributed by atoms with Gasteiger partial charge < -0.3 is 9.84 Å². The first-order valence-electron chi connectivity index (χ1n) is 6.27. The van der Waals surface area contributed by atoms with Crippen LogP contribution in [0.4, 0.5) is 0 Å². The zero-order valence-electron chi connectivity index (χ0n) is 11.5. The highest BCUT2D eigenvalue weighted by Crippen LogP contribution is 2.36. The predicted molar refractivity (Wildman–Crippen MR) is 70.9 cm³/mol. The number of aromatic nitrogens is 2. The Balaban J connectivity index is 2.22. The third kappa shape index (κ3) is 2.71. The van der Waals surface area contributed by atoms with Crippen LogP contribution in [0.3, 0.4) is 0 Å². The van der Waals surface area contributed by atoms with Gasteiger partial charge in [0.1, 0.15) is 5.15 Å². The largest absolute Gasteiger partial charge is 0.389 e. The lowest BCUT2D eigenvalue weighted by atomic mass is 9.80. The highest BCUT2D eigenvalue weighted by atomic mass is 35.5. The monoisotopic (exact) mass is 272 g/mol. The summed E-state index contributed by atoms with van der Waals surface area (Å²) in [5, 5.41) is 15.6. The van der Waals surface area contributed by atoms with Crippen molar-refractivity contribution >= 4 is 11.6 Å². The van der Waals surface area contributed by atoms with Gasteiger partial charge in [0, 0.05) is 25.5 Å². The average Bonchev–Trinajstić information content (AvgIpc) is 2.43. The van der Waals surface area contributed by atoms with Crippen LogP contribution in [0.5, 0.6) is 0 Å². The van der Waals surface area contributed by atoms with E-state index in [1.807, 2.05) is 27.8 Å². The molecule has 1 aromatic rings. The Hall–Kier alpha value is -0.580. The molecule has 1 aliphatic heterocycles. The Morgan fingerprint density at radius 2 is 2.17 bits per heavy atom. The number of ether oxygens (including phenoxy) is 1. The first-order chi connectivity index (χ1) is 8.22. The normalized spacial score (nSPS) is 27.4. The number of aryl methyl sites for hydroxylation is 2. The maximum atomic E-state index is 10.7. The van der Waals surface area contributed by atoms with E-state index in [4.69, 9.17) is 16.3 Å². The van der Waals surface area contributed by atoms with Gasteiger partial charge >= 0.3 is 0 Å². The zero-order chi connectivity index (χ0) is 13.6. The number of hydrogen-bond donors (Lipinski definition) is 1. The minimum Gasteiger partial charge on any atom is -0.389 e. The van der Waals surface area contributed by atoms with Crippen molar-refractivity contribution in [3.8, 4) is 0 Å². The van der Waals surface area contributed by atoms with E-state index in [1.54, 1.807) is 4.68 Å². The summed E-state index contributed by atoms with van der Waals surface area (Å²) in [5.41, 5.74) is 0.800. The number of nitrogens with zero attached hydrogens (tertiary/aromatic N) is 2. The van der Waals surface area contributed by atoms with Gasteiger partial charge in [0.05, 0.1) is 23.5 Å². The van der Waals surface area contributed by atoms with Crippen molar-refractivity contribution in [3.63, 3.8) is 0 Å². The molecule has 1 atom stereocenters. The summed E-state index contributed by atoms with van der Waals surface area (Å²) in [7, 11) is 1.82. The Morgan fingerprint density at radius 1 is 1.50 bits per heavy atom. The summed E-state index contributed by atoms with van der Waals surface area (Å²) in [6.07, 6.45) is 1.80. The van der Waals surface area contributed by atoms with Crippen LogP contribution in [0.15, 0.2) is 0 Å². The summed E-state index contributed by atoms with van der Waals surface area (Å²) in [6, 6.07) is 0. The van der Waals surface area contributed by atoms with E-state index in [-0.39, 0.29) is 5.60 Å². The SMILES string of the molecule is Cc1nn(C)c(Cl)c1CC1(O)CCOC(C)(C)C1. The minimum atomic E-state index is -0.751. The van der Waals surface area contributed by atoms with Gasteiger partial charge in [-0.3, -0.25) is 4.68 Å². The van der Waals surface area contributed by atoms with E-state index in [1.165, 1.54) is 0 Å². The second-order valence-electron chi connectivity index (χ2n) is 5.91. The van der Waals surface area contributed by atoms with Crippen LogP contribution in [0.2, 0.25) is 5.15 Å². The van der Waals surface area contributed by atoms with Crippen molar-refractivity contribution in [1.29, 1.82) is 0 Å². The lowest BCUT2D eigenvalue weighted by Crippen LogP contribution is -2.47. The van der Waals surface area contributed by atoms with Gasteiger partial charge in [0.25, 0.3) is 0 Å². The molecule has 0 spiro atoms. The molecule has 1 saturated heterocycles. The molecule has 0 radical (unpaired) electrons. The maximum Gasteiger partial charge on any atom is 0.130 e. The Bertz CT molecular complexity index is 456. The van der Waals surface area contributed by atoms with Gasteiger partial charge in [0.15, 0.2) is 0 Å². The Labute approximate surface area is 113 Å². The second kappa shape index (κ2) is 4.51. The molecule has 18 heavy (non-hydrogen) atoms. The van der Waals surface area contributed by atoms with Crippen LogP contribution in [0.1, 0.15) is 37.9 Å². The van der Waals surface area contributed by atoms with E-state index in [0.717, 1.165) is 11.3 Å². The highest BCUT2D eigenvalue weighted by Gasteiger charge is 2.40. The fourth-order valence-electron chi connectivity index (χ4n) is 2.80. The molecule has 4 nitrogen and oxygen atoms in total. The van der Waals surface area contributed by atoms with Gasteiger partial charge in [-0.1, -0.05) is 11.6 Å². The number of rotatable bonds is 2. The molecule has 102 valence electrons. The van der Waals surface area contributed by atoms with E-state index in [9.17, 15) is 5.11 Å². The van der Waals surface area contributed by atoms with E-state index in [0.29, 0.717) is 31.0 Å². The van der Waals surface area contributed by atoms with Crippen molar-refractivity contribution in [1.82, 2.24) is 9.78 Å². The molecule has 0 aliphatic carbocycles. The second-order valence-corrected chi connectivity index (χ2v) is 6.27. The van der Waals surface area contributed by atoms with Crippen molar-refractivity contribution in [2.24, 2.45) is 7.05 Å². The van der Waals surface area contributed by atoms with Gasteiger partial charge in [-0.15, -0.1) is 0 Å². The van der Waals surface area contributed by atoms with Crippen molar-refractivity contribution in [2.75, 3.05) is 6.61 Å². The molecule has 2 rings (SSSR count). The Kier molecular flexibility index (Phi) is 3.47. The summed E-state index contributed by atoms with van der Waals surface area (Å²) in [6.45, 7) is 6.53. The smallest absolute Gasteiger partial charge is 0.130 e. The molecule has 1 aliphatic rings. The number of aliphatic hydroxyl groups is 1. The van der Waals surface area contributed by atoms with Gasteiger partial charge in [-0.05, 0) is 27.2 Å². The average molecular weight is 273 g/mol. The lowest BCUT2D eigenvalue weighted by molar-refractivity contribution is -0.143. The molecule has 1 fully saturated rings. The van der Waals surface area contributed by atoms with E-state index in [2.05, 4.69) is 5.10 Å². The Morgan fingerprint density at radius 3 is 2.67 bits per heavy atom. The van der Waals surface area contributed by atoms with Crippen LogP contribution in [-0.4, -0.2) is 32.7 Å². The number of hydrogen-bond acceptors (Lipinski definition) is 3. The number of halogens is 1. The van der Waals surface area contributed by atoms with Crippen molar-refractivity contribution in [2.45, 2.75) is 51.2 Å². The first kappa shape index (κ1) is 13.8. The van der Waals surface area contributed by atoms with Crippen LogP contribution in [0, 0.1) is 6.92 Å². The third-order valence-corrected chi connectivity index (χ3v) is 4.06. The quantitative estimate of drug-likeness (QED) is 0.898. The minimum absolute atomic E-state index is 0.282. The third-order valence-electron chi connectivity index (χ3n) is 3.59. The van der Waals surface area contributed by atoms with Gasteiger partial charge in [-0.25, -0.2) is 0 Å². The molecule has 0 saturated carbocycles. The fraction of sp³-hybridized carbons (Fsp3) is 0.769. The van der Waals surface area contributed by atoms with Crippen LogP contribution < -0.4 is 0 Å². The lowest BCUT2D eigenvalue weighted by Gasteiger charge is -2.41. The van der Waals surface area contributed by atoms with E-state index < -0.39 is 5.60 Å². The maximum absolute atomic E-state index is 10.7. The van der Waals surface area contributed by atoms with Gasteiger partial charge in [-0.2, -0.15) is 5.10 Å².